The number of anilines is 6. The van der Waals surface area contributed by atoms with Gasteiger partial charge in [-0.05, 0) is 117 Å². The van der Waals surface area contributed by atoms with E-state index in [-0.39, 0.29) is 5.41 Å². The van der Waals surface area contributed by atoms with E-state index in [1.54, 1.807) is 0 Å². The number of fused-ring (bicyclic) bond motifs is 15. The van der Waals surface area contributed by atoms with Gasteiger partial charge in [0.2, 0.25) is 0 Å². The highest BCUT2D eigenvalue weighted by atomic mass is 32.1. The number of hydrogen-bond donors (Lipinski definition) is 0. The van der Waals surface area contributed by atoms with E-state index in [4.69, 9.17) is 0 Å². The summed E-state index contributed by atoms with van der Waals surface area (Å²) in [5.41, 5.74) is 19.5. The summed E-state index contributed by atoms with van der Waals surface area (Å²) >= 11 is 1.87. The van der Waals surface area contributed by atoms with Gasteiger partial charge >= 0.3 is 0 Å². The van der Waals surface area contributed by atoms with Gasteiger partial charge in [0.1, 0.15) is 0 Å². The zero-order chi connectivity index (χ0) is 40.5. The number of benzene rings is 9. The summed E-state index contributed by atoms with van der Waals surface area (Å²) in [6, 6.07) is 77.3. The van der Waals surface area contributed by atoms with Crippen LogP contribution in [0.2, 0.25) is 0 Å². The summed E-state index contributed by atoms with van der Waals surface area (Å²) < 4.78 is 2.62. The van der Waals surface area contributed by atoms with Gasteiger partial charge in [-0.25, -0.2) is 0 Å². The van der Waals surface area contributed by atoms with Crippen molar-refractivity contribution in [2.24, 2.45) is 0 Å². The van der Waals surface area contributed by atoms with Crippen LogP contribution in [0.5, 0.6) is 0 Å². The maximum absolute atomic E-state index is 2.55. The Morgan fingerprint density at radius 3 is 1.77 bits per heavy atom. The Balaban J connectivity index is 1.11. The van der Waals surface area contributed by atoms with E-state index in [0.29, 0.717) is 0 Å². The lowest BCUT2D eigenvalue weighted by Crippen LogP contribution is -2.36. The first-order valence-electron chi connectivity index (χ1n) is 21.3. The predicted octanol–water partition coefficient (Wildman–Crippen LogP) is 16.0. The molecule has 288 valence electrons. The smallest absolute Gasteiger partial charge is 0.0755 e. The molecule has 0 unspecified atom stereocenters. The quantitative estimate of drug-likeness (QED) is 0.175. The molecule has 2 heterocycles. The molecule has 61 heavy (non-hydrogen) atoms. The summed E-state index contributed by atoms with van der Waals surface area (Å²) in [5, 5.41) is 2.59. The van der Waals surface area contributed by atoms with Gasteiger partial charge in [0, 0.05) is 48.2 Å². The molecule has 0 N–H and O–H groups in total. The van der Waals surface area contributed by atoms with Crippen LogP contribution in [0, 0.1) is 0 Å². The Bertz CT molecular complexity index is 3380. The van der Waals surface area contributed by atoms with Crippen molar-refractivity contribution in [3.8, 4) is 22.3 Å². The number of thiophene rings is 1. The molecular weight excluding hydrogens is 757 g/mol. The molecular formula is C58H40N2S. The minimum absolute atomic E-state index is 0.142. The fourth-order valence-electron chi connectivity index (χ4n) is 11.3. The Morgan fingerprint density at radius 2 is 0.984 bits per heavy atom. The predicted molar refractivity (Wildman–Crippen MR) is 257 cm³/mol. The first-order valence-corrected chi connectivity index (χ1v) is 22.1. The molecule has 0 radical (unpaired) electrons. The van der Waals surface area contributed by atoms with Crippen molar-refractivity contribution in [2.75, 3.05) is 9.80 Å². The summed E-state index contributed by atoms with van der Waals surface area (Å²) in [6.45, 7) is 4.76. The van der Waals surface area contributed by atoms with E-state index < -0.39 is 5.41 Å². The van der Waals surface area contributed by atoms with Crippen molar-refractivity contribution < 1.29 is 0 Å². The van der Waals surface area contributed by atoms with Crippen LogP contribution >= 0.6 is 11.3 Å². The van der Waals surface area contributed by atoms with E-state index in [1.165, 1.54) is 92.9 Å². The summed E-state index contributed by atoms with van der Waals surface area (Å²) in [4.78, 5) is 5.01. The molecule has 10 aromatic rings. The van der Waals surface area contributed by atoms with Crippen LogP contribution in [0.3, 0.4) is 0 Å². The second kappa shape index (κ2) is 12.7. The summed E-state index contributed by atoms with van der Waals surface area (Å²) in [7, 11) is 0. The standard InChI is InChI=1S/C58H40N2S/c1-57(2)45-22-9-6-19-40(45)41-33-31-39(36-50(41)57)59(38-32-34-55-44(35-38)42-20-8-15-30-54(42)61-55)53-29-16-26-49-56(53)43-21-7-10-23-46(43)58(49)47-24-11-13-27-51(47)60(37-17-4-3-5-18-37)52-28-14-12-25-48(52)58/h3-36H,1-2H3. The van der Waals surface area contributed by atoms with Crippen LogP contribution in [0.15, 0.2) is 206 Å². The molecule has 0 fully saturated rings. The molecule has 2 aliphatic carbocycles. The maximum Gasteiger partial charge on any atom is 0.0755 e. The molecule has 9 aromatic carbocycles. The molecule has 13 rings (SSSR count). The van der Waals surface area contributed by atoms with E-state index in [0.717, 1.165) is 17.1 Å². The zero-order valence-electron chi connectivity index (χ0n) is 33.9. The van der Waals surface area contributed by atoms with Gasteiger partial charge in [-0.2, -0.15) is 0 Å². The fraction of sp³-hybridized carbons (Fsp3) is 0.0690. The van der Waals surface area contributed by atoms with Gasteiger partial charge in [0.05, 0.1) is 22.5 Å². The average molecular weight is 797 g/mol. The Hall–Kier alpha value is -7.20. The van der Waals surface area contributed by atoms with Crippen LogP contribution in [-0.2, 0) is 10.8 Å². The van der Waals surface area contributed by atoms with Crippen molar-refractivity contribution in [2.45, 2.75) is 24.7 Å². The van der Waals surface area contributed by atoms with Crippen LogP contribution in [0.25, 0.3) is 42.4 Å². The Kier molecular flexibility index (Phi) is 7.19. The summed E-state index contributed by atoms with van der Waals surface area (Å²) in [6.07, 6.45) is 0. The number of rotatable bonds is 4. The van der Waals surface area contributed by atoms with Gasteiger partial charge in [0.15, 0.2) is 0 Å². The third-order valence-corrected chi connectivity index (χ3v) is 15.0. The topological polar surface area (TPSA) is 6.48 Å². The molecule has 0 bridgehead atoms. The van der Waals surface area contributed by atoms with Crippen molar-refractivity contribution >= 4 is 65.6 Å². The second-order valence-electron chi connectivity index (χ2n) is 17.2. The van der Waals surface area contributed by atoms with Crippen LogP contribution in [-0.4, -0.2) is 0 Å². The highest BCUT2D eigenvalue weighted by molar-refractivity contribution is 7.25. The molecule has 0 saturated heterocycles. The van der Waals surface area contributed by atoms with E-state index in [1.807, 2.05) is 11.3 Å². The van der Waals surface area contributed by atoms with Gasteiger partial charge in [-0.1, -0.05) is 153 Å². The first-order chi connectivity index (χ1) is 30.0. The molecule has 0 amide bonds. The fourth-order valence-corrected chi connectivity index (χ4v) is 12.4. The highest BCUT2D eigenvalue weighted by Gasteiger charge is 2.52. The largest absolute Gasteiger partial charge is 0.310 e. The van der Waals surface area contributed by atoms with E-state index >= 15 is 0 Å². The van der Waals surface area contributed by atoms with E-state index in [9.17, 15) is 0 Å². The lowest BCUT2D eigenvalue weighted by Gasteiger charge is -2.45. The first kappa shape index (κ1) is 34.6. The monoisotopic (exact) mass is 796 g/mol. The van der Waals surface area contributed by atoms with Crippen molar-refractivity contribution in [3.05, 3.63) is 240 Å². The maximum atomic E-state index is 2.55. The van der Waals surface area contributed by atoms with Gasteiger partial charge in [-0.3, -0.25) is 0 Å². The number of nitrogens with zero attached hydrogens (tertiary/aromatic N) is 2. The van der Waals surface area contributed by atoms with Crippen molar-refractivity contribution in [3.63, 3.8) is 0 Å². The van der Waals surface area contributed by atoms with Gasteiger partial charge < -0.3 is 9.80 Å². The molecule has 0 saturated carbocycles. The second-order valence-corrected chi connectivity index (χ2v) is 18.3. The average Bonchev–Trinajstić information content (AvgIpc) is 3.91. The number of para-hydroxylation sites is 3. The lowest BCUT2D eigenvalue weighted by atomic mass is 9.64. The third-order valence-electron chi connectivity index (χ3n) is 13.8. The molecule has 1 spiro atoms. The molecule has 3 heteroatoms. The molecule has 1 aromatic heterocycles. The molecule has 2 nitrogen and oxygen atoms in total. The van der Waals surface area contributed by atoms with Crippen LogP contribution in [0.4, 0.5) is 34.1 Å². The summed E-state index contributed by atoms with van der Waals surface area (Å²) in [5.74, 6) is 0. The molecule has 1 aliphatic heterocycles. The van der Waals surface area contributed by atoms with Gasteiger partial charge in [-0.15, -0.1) is 11.3 Å². The highest BCUT2D eigenvalue weighted by Crippen LogP contribution is 2.65. The van der Waals surface area contributed by atoms with Gasteiger partial charge in [0.25, 0.3) is 0 Å². The number of hydrogen-bond acceptors (Lipinski definition) is 3. The Labute approximate surface area is 360 Å². The lowest BCUT2D eigenvalue weighted by molar-refractivity contribution is 0.660. The van der Waals surface area contributed by atoms with E-state index in [2.05, 4.69) is 230 Å². The minimum Gasteiger partial charge on any atom is -0.310 e. The normalized spacial score (nSPS) is 14.6. The third kappa shape index (κ3) is 4.62. The zero-order valence-corrected chi connectivity index (χ0v) is 34.7. The van der Waals surface area contributed by atoms with Crippen molar-refractivity contribution in [1.82, 2.24) is 0 Å². The van der Waals surface area contributed by atoms with Crippen LogP contribution < -0.4 is 9.80 Å². The van der Waals surface area contributed by atoms with Crippen molar-refractivity contribution in [1.29, 1.82) is 0 Å². The molecule has 3 aliphatic rings. The SMILES string of the molecule is CC1(C)c2ccccc2-c2ccc(N(c3ccc4sc5ccccc5c4c3)c3cccc4c3-c3ccccc3C43c4ccccc4N(c4ccccc4)c4ccccc43)cc21. The van der Waals surface area contributed by atoms with Crippen LogP contribution in [0.1, 0.15) is 47.2 Å². The Morgan fingerprint density at radius 1 is 0.410 bits per heavy atom. The minimum atomic E-state index is -0.554. The molecule has 0 atom stereocenters.